The van der Waals surface area contributed by atoms with Crippen LogP contribution in [-0.4, -0.2) is 34.7 Å². The van der Waals surface area contributed by atoms with Crippen LogP contribution in [0.3, 0.4) is 0 Å². The standard InChI is InChI=1S/C26H22N4O5/c1-28-21-13-12-20(30(34)35)14-19(21)15-26(22(28)18-10-6-3-7-11-18)23(31)27-25(33)29(24(26)32)16-17-8-4-2-5-9-17/h2-14,22H,15-16H2,1H3,(H,27,31,33). The van der Waals surface area contributed by atoms with Crippen molar-refractivity contribution in [3.05, 3.63) is 106 Å². The summed E-state index contributed by atoms with van der Waals surface area (Å²) < 4.78 is 0. The number of fused-ring (bicyclic) bond motifs is 1. The molecule has 2 unspecified atom stereocenters. The SMILES string of the molecule is CN1c2ccc([N+](=O)[O-])cc2CC2(C(=O)NC(=O)N(Cc3ccccc3)C2=O)C1c1ccccc1. The Kier molecular flexibility index (Phi) is 5.32. The Morgan fingerprint density at radius 2 is 1.66 bits per heavy atom. The second-order valence-electron chi connectivity index (χ2n) is 8.78. The van der Waals surface area contributed by atoms with Gasteiger partial charge in [0.2, 0.25) is 11.8 Å². The van der Waals surface area contributed by atoms with E-state index in [9.17, 15) is 24.5 Å². The molecule has 0 radical (unpaired) electrons. The number of amides is 4. The molecule has 0 aliphatic carbocycles. The molecule has 0 aromatic heterocycles. The van der Waals surface area contributed by atoms with Gasteiger partial charge in [-0.1, -0.05) is 60.7 Å². The number of nitro groups is 1. The second kappa shape index (κ2) is 8.35. The summed E-state index contributed by atoms with van der Waals surface area (Å²) in [5, 5.41) is 13.8. The van der Waals surface area contributed by atoms with Gasteiger partial charge >= 0.3 is 6.03 Å². The molecule has 3 aromatic carbocycles. The van der Waals surface area contributed by atoms with Gasteiger partial charge in [0.1, 0.15) is 0 Å². The largest absolute Gasteiger partial charge is 0.366 e. The highest BCUT2D eigenvalue weighted by atomic mass is 16.6. The third-order valence-corrected chi connectivity index (χ3v) is 6.77. The van der Waals surface area contributed by atoms with E-state index in [1.54, 1.807) is 42.3 Å². The van der Waals surface area contributed by atoms with Crippen LogP contribution in [0.5, 0.6) is 0 Å². The van der Waals surface area contributed by atoms with E-state index in [1.165, 1.54) is 12.1 Å². The van der Waals surface area contributed by atoms with E-state index in [-0.39, 0.29) is 18.7 Å². The summed E-state index contributed by atoms with van der Waals surface area (Å²) in [5.74, 6) is -1.34. The molecule has 176 valence electrons. The minimum absolute atomic E-state index is 0.00639. The number of carbonyl (C=O) groups excluding carboxylic acids is 3. The maximum absolute atomic E-state index is 14.2. The Hall–Kier alpha value is -4.53. The number of barbiturate groups is 1. The monoisotopic (exact) mass is 470 g/mol. The molecule has 9 heteroatoms. The first kappa shape index (κ1) is 22.3. The average Bonchev–Trinajstić information content (AvgIpc) is 2.86. The van der Waals surface area contributed by atoms with Crippen molar-refractivity contribution >= 4 is 29.2 Å². The fourth-order valence-electron chi connectivity index (χ4n) is 5.19. The van der Waals surface area contributed by atoms with Crippen molar-refractivity contribution in [1.82, 2.24) is 10.2 Å². The molecular weight excluding hydrogens is 448 g/mol. The maximum Gasteiger partial charge on any atom is 0.331 e. The fraction of sp³-hybridized carbons (Fsp3) is 0.192. The molecule has 1 fully saturated rings. The summed E-state index contributed by atoms with van der Waals surface area (Å²) in [4.78, 5) is 54.4. The molecule has 9 nitrogen and oxygen atoms in total. The predicted molar refractivity (Wildman–Crippen MR) is 127 cm³/mol. The molecule has 4 amide bonds. The highest BCUT2D eigenvalue weighted by Gasteiger charge is 2.62. The maximum atomic E-state index is 14.2. The average molecular weight is 470 g/mol. The zero-order valence-corrected chi connectivity index (χ0v) is 18.9. The number of nitrogens with zero attached hydrogens (tertiary/aromatic N) is 3. The highest BCUT2D eigenvalue weighted by molar-refractivity contribution is 6.20. The lowest BCUT2D eigenvalue weighted by atomic mass is 9.66. The molecule has 2 heterocycles. The molecule has 1 saturated heterocycles. The number of anilines is 1. The van der Waals surface area contributed by atoms with E-state index < -0.39 is 34.2 Å². The van der Waals surface area contributed by atoms with Crippen molar-refractivity contribution in [3.8, 4) is 0 Å². The van der Waals surface area contributed by atoms with E-state index in [1.807, 2.05) is 36.4 Å². The number of carbonyl (C=O) groups is 3. The third kappa shape index (κ3) is 3.52. The van der Waals surface area contributed by atoms with Crippen LogP contribution in [-0.2, 0) is 22.6 Å². The van der Waals surface area contributed by atoms with Crippen LogP contribution in [0.25, 0.3) is 0 Å². The van der Waals surface area contributed by atoms with Gasteiger partial charge in [-0.2, -0.15) is 0 Å². The predicted octanol–water partition coefficient (Wildman–Crippen LogP) is 3.59. The van der Waals surface area contributed by atoms with Gasteiger partial charge in [-0.3, -0.25) is 29.9 Å². The summed E-state index contributed by atoms with van der Waals surface area (Å²) >= 11 is 0. The fourth-order valence-corrected chi connectivity index (χ4v) is 5.19. The Bertz CT molecular complexity index is 1340. The number of non-ortho nitro benzene ring substituents is 1. The van der Waals surface area contributed by atoms with E-state index >= 15 is 0 Å². The molecule has 1 spiro atoms. The first-order chi connectivity index (χ1) is 16.8. The lowest BCUT2D eigenvalue weighted by Crippen LogP contribution is -2.68. The molecule has 3 aromatic rings. The molecular formula is C26H22N4O5. The van der Waals surface area contributed by atoms with Crippen molar-refractivity contribution in [2.45, 2.75) is 19.0 Å². The number of nitrogens with one attached hydrogen (secondary N) is 1. The van der Waals surface area contributed by atoms with Gasteiger partial charge < -0.3 is 4.90 Å². The molecule has 35 heavy (non-hydrogen) atoms. The normalized spacial score (nSPS) is 21.6. The smallest absolute Gasteiger partial charge is 0.331 e. The molecule has 5 rings (SSSR count). The minimum Gasteiger partial charge on any atom is -0.366 e. The van der Waals surface area contributed by atoms with Crippen LogP contribution in [0.15, 0.2) is 78.9 Å². The van der Waals surface area contributed by atoms with E-state index in [0.717, 1.165) is 16.0 Å². The van der Waals surface area contributed by atoms with Gasteiger partial charge in [0.05, 0.1) is 17.5 Å². The van der Waals surface area contributed by atoms with E-state index in [2.05, 4.69) is 5.32 Å². The lowest BCUT2D eigenvalue weighted by Gasteiger charge is -2.51. The summed E-state index contributed by atoms with van der Waals surface area (Å²) in [7, 11) is 1.75. The first-order valence-electron chi connectivity index (χ1n) is 11.1. The summed E-state index contributed by atoms with van der Waals surface area (Å²) in [6.07, 6.45) is -0.0862. The number of hydrogen-bond donors (Lipinski definition) is 1. The highest BCUT2D eigenvalue weighted by Crippen LogP contribution is 2.51. The van der Waals surface area contributed by atoms with Crippen molar-refractivity contribution in [1.29, 1.82) is 0 Å². The number of urea groups is 1. The molecule has 1 N–H and O–H groups in total. The molecule has 0 saturated carbocycles. The van der Waals surface area contributed by atoms with Crippen LogP contribution in [0.2, 0.25) is 0 Å². The number of benzene rings is 3. The van der Waals surface area contributed by atoms with E-state index in [4.69, 9.17) is 0 Å². The molecule has 2 aliphatic rings. The second-order valence-corrected chi connectivity index (χ2v) is 8.78. The van der Waals surface area contributed by atoms with Crippen molar-refractivity contribution < 1.29 is 19.3 Å². The molecule has 2 atom stereocenters. The summed E-state index contributed by atoms with van der Waals surface area (Å²) in [5.41, 5.74) is 0.787. The number of imide groups is 2. The van der Waals surface area contributed by atoms with Gasteiger partial charge in [-0.05, 0) is 22.8 Å². The number of hydrogen-bond acceptors (Lipinski definition) is 6. The number of nitro benzene ring substituents is 1. The molecule has 0 bridgehead atoms. The summed E-state index contributed by atoms with van der Waals surface area (Å²) in [6, 6.07) is 21.1. The van der Waals surface area contributed by atoms with Crippen molar-refractivity contribution in [2.24, 2.45) is 5.41 Å². The van der Waals surface area contributed by atoms with E-state index in [0.29, 0.717) is 11.3 Å². The molecule has 2 aliphatic heterocycles. The first-order valence-corrected chi connectivity index (χ1v) is 11.1. The van der Waals surface area contributed by atoms with Crippen molar-refractivity contribution in [3.63, 3.8) is 0 Å². The van der Waals surface area contributed by atoms with Crippen LogP contribution < -0.4 is 10.2 Å². The topological polar surface area (TPSA) is 113 Å². The third-order valence-electron chi connectivity index (χ3n) is 6.77. The van der Waals surface area contributed by atoms with Gasteiger partial charge in [-0.25, -0.2) is 4.79 Å². The van der Waals surface area contributed by atoms with Crippen LogP contribution in [0.4, 0.5) is 16.2 Å². The van der Waals surface area contributed by atoms with Crippen LogP contribution in [0, 0.1) is 15.5 Å². The van der Waals surface area contributed by atoms with Crippen LogP contribution in [0.1, 0.15) is 22.7 Å². The van der Waals surface area contributed by atoms with Gasteiger partial charge in [0, 0.05) is 31.3 Å². The van der Waals surface area contributed by atoms with Gasteiger partial charge in [0.15, 0.2) is 5.41 Å². The minimum atomic E-state index is -1.71. The Balaban J connectivity index is 1.69. The lowest BCUT2D eigenvalue weighted by molar-refractivity contribution is -0.384. The van der Waals surface area contributed by atoms with Gasteiger partial charge in [0.25, 0.3) is 5.69 Å². The zero-order chi connectivity index (χ0) is 24.7. The zero-order valence-electron chi connectivity index (χ0n) is 18.9. The Labute approximate surface area is 201 Å². The van der Waals surface area contributed by atoms with Gasteiger partial charge in [-0.15, -0.1) is 0 Å². The van der Waals surface area contributed by atoms with Crippen LogP contribution >= 0.6 is 0 Å². The Morgan fingerprint density at radius 3 is 2.31 bits per heavy atom. The number of rotatable bonds is 4. The van der Waals surface area contributed by atoms with Crippen molar-refractivity contribution in [2.75, 3.05) is 11.9 Å². The summed E-state index contributed by atoms with van der Waals surface area (Å²) in [6.45, 7) is -0.00639. The quantitative estimate of drug-likeness (QED) is 0.354. The Morgan fingerprint density at radius 1 is 1.00 bits per heavy atom.